The molecule has 1 heteroatoms. The lowest BCUT2D eigenvalue weighted by molar-refractivity contribution is 0.392. The van der Waals surface area contributed by atoms with E-state index in [0.29, 0.717) is 5.92 Å². The van der Waals surface area contributed by atoms with Gasteiger partial charge in [0.2, 0.25) is 0 Å². The van der Waals surface area contributed by atoms with E-state index in [2.05, 4.69) is 13.8 Å². The van der Waals surface area contributed by atoms with Gasteiger partial charge in [0.05, 0.1) is 0 Å². The number of allylic oxidation sites excluding steroid dienone is 4. The molecule has 0 saturated carbocycles. The molecule has 0 saturated heterocycles. The Bertz CT molecular complexity index is 230. The van der Waals surface area contributed by atoms with Crippen molar-refractivity contribution in [3.63, 3.8) is 0 Å². The average molecular weight is 168 g/mol. The minimum Gasteiger partial charge on any atom is -0.211 e. The summed E-state index contributed by atoms with van der Waals surface area (Å²) in [6.45, 7) is 10.0. The monoisotopic (exact) mass is 168 g/mol. The normalized spacial score (nSPS) is 31.5. The van der Waals surface area contributed by atoms with E-state index < -0.39 is 0 Å². The van der Waals surface area contributed by atoms with Crippen molar-refractivity contribution in [2.75, 3.05) is 0 Å². The molecule has 0 aromatic carbocycles. The van der Waals surface area contributed by atoms with Crippen LogP contribution in [-0.4, -0.2) is 0 Å². The minimum absolute atomic E-state index is 0.0636. The highest BCUT2D eigenvalue weighted by Gasteiger charge is 2.26. The van der Waals surface area contributed by atoms with Crippen LogP contribution < -0.4 is 0 Å². The third-order valence-corrected chi connectivity index (χ3v) is 3.35. The highest BCUT2D eigenvalue weighted by Crippen LogP contribution is 2.38. The van der Waals surface area contributed by atoms with Gasteiger partial charge in [-0.25, -0.2) is 4.39 Å². The summed E-state index contributed by atoms with van der Waals surface area (Å²) in [5, 5.41) is 0. The Morgan fingerprint density at radius 3 is 1.92 bits per heavy atom. The lowest BCUT2D eigenvalue weighted by Gasteiger charge is -2.28. The Morgan fingerprint density at radius 1 is 0.917 bits per heavy atom. The fourth-order valence-electron chi connectivity index (χ4n) is 1.75. The highest BCUT2D eigenvalue weighted by atomic mass is 19.1. The summed E-state index contributed by atoms with van der Waals surface area (Å²) in [6.07, 6.45) is 0. The fourth-order valence-corrected chi connectivity index (χ4v) is 1.75. The van der Waals surface area contributed by atoms with Gasteiger partial charge in [0, 0.05) is 5.92 Å². The molecular weight excluding hydrogens is 151 g/mol. The summed E-state index contributed by atoms with van der Waals surface area (Å²) in [6, 6.07) is 0. The van der Waals surface area contributed by atoms with Crippen molar-refractivity contribution in [3.8, 4) is 0 Å². The van der Waals surface area contributed by atoms with Gasteiger partial charge in [-0.2, -0.15) is 0 Å². The van der Waals surface area contributed by atoms with Gasteiger partial charge in [-0.15, -0.1) is 0 Å². The Hall–Kier alpha value is -0.590. The van der Waals surface area contributed by atoms with Crippen molar-refractivity contribution in [3.05, 3.63) is 22.5 Å². The molecule has 12 heavy (non-hydrogen) atoms. The molecular formula is C11H17F. The maximum atomic E-state index is 13.5. The van der Waals surface area contributed by atoms with Crippen LogP contribution in [0.25, 0.3) is 0 Å². The van der Waals surface area contributed by atoms with E-state index in [1.54, 1.807) is 0 Å². The summed E-state index contributed by atoms with van der Waals surface area (Å²) in [7, 11) is 0. The zero-order valence-corrected chi connectivity index (χ0v) is 8.53. The van der Waals surface area contributed by atoms with Crippen LogP contribution in [0.15, 0.2) is 22.5 Å². The van der Waals surface area contributed by atoms with Crippen LogP contribution in [-0.2, 0) is 0 Å². The predicted octanol–water partition coefficient (Wildman–Crippen LogP) is 3.85. The predicted molar refractivity (Wildman–Crippen MR) is 50.5 cm³/mol. The maximum Gasteiger partial charge on any atom is 0.106 e. The van der Waals surface area contributed by atoms with Crippen LogP contribution in [0.4, 0.5) is 4.39 Å². The number of hydrogen-bond donors (Lipinski definition) is 0. The Balaban J connectivity index is 3.18. The minimum atomic E-state index is 0.0636. The molecule has 0 aromatic heterocycles. The molecule has 0 bridgehead atoms. The highest BCUT2D eigenvalue weighted by molar-refractivity contribution is 5.39. The van der Waals surface area contributed by atoms with Crippen LogP contribution in [0.2, 0.25) is 0 Å². The first-order valence-electron chi connectivity index (χ1n) is 4.50. The van der Waals surface area contributed by atoms with Gasteiger partial charge in [0.25, 0.3) is 0 Å². The average Bonchev–Trinajstić information content (AvgIpc) is 2.08. The summed E-state index contributed by atoms with van der Waals surface area (Å²) < 4.78 is 13.5. The second-order valence-electron chi connectivity index (χ2n) is 3.86. The van der Waals surface area contributed by atoms with E-state index in [1.807, 2.05) is 20.8 Å². The largest absolute Gasteiger partial charge is 0.211 e. The van der Waals surface area contributed by atoms with Gasteiger partial charge >= 0.3 is 0 Å². The molecule has 68 valence electrons. The van der Waals surface area contributed by atoms with Crippen molar-refractivity contribution >= 4 is 0 Å². The van der Waals surface area contributed by atoms with E-state index >= 15 is 0 Å². The number of hydrogen-bond acceptors (Lipinski definition) is 0. The summed E-state index contributed by atoms with van der Waals surface area (Å²) in [5.74, 6) is 0.494. The number of halogens is 1. The zero-order valence-electron chi connectivity index (χ0n) is 8.53. The van der Waals surface area contributed by atoms with Gasteiger partial charge in [-0.1, -0.05) is 19.4 Å². The Labute approximate surface area is 74.2 Å². The smallest absolute Gasteiger partial charge is 0.106 e. The van der Waals surface area contributed by atoms with Crippen molar-refractivity contribution in [2.45, 2.75) is 34.6 Å². The summed E-state index contributed by atoms with van der Waals surface area (Å²) in [5.41, 5.74) is 3.32. The van der Waals surface area contributed by atoms with E-state index in [4.69, 9.17) is 0 Å². The number of rotatable bonds is 0. The molecule has 1 aliphatic carbocycles. The third kappa shape index (κ3) is 1.21. The zero-order chi connectivity index (χ0) is 9.46. The van der Waals surface area contributed by atoms with E-state index in [0.717, 1.165) is 11.1 Å². The maximum absolute atomic E-state index is 13.5. The van der Waals surface area contributed by atoms with Crippen LogP contribution in [0.5, 0.6) is 0 Å². The molecule has 0 fully saturated rings. The van der Waals surface area contributed by atoms with Crippen LogP contribution in [0.1, 0.15) is 34.6 Å². The van der Waals surface area contributed by atoms with Gasteiger partial charge in [0.15, 0.2) is 0 Å². The molecule has 0 amide bonds. The molecule has 0 radical (unpaired) electrons. The van der Waals surface area contributed by atoms with Crippen molar-refractivity contribution in [1.29, 1.82) is 0 Å². The van der Waals surface area contributed by atoms with Gasteiger partial charge in [-0.3, -0.25) is 0 Å². The quantitative estimate of drug-likeness (QED) is 0.515. The standard InChI is InChI=1S/C11H17F/c1-6-7(2)9(4)11(12)10(5)8(6)3/h7,9H,1-5H3. The second kappa shape index (κ2) is 3.04. The molecule has 1 rings (SSSR count). The molecule has 0 aromatic rings. The SMILES string of the molecule is CC1=C(C)C(C)C(C)C(F)=C1C. The van der Waals surface area contributed by atoms with E-state index in [1.165, 1.54) is 5.57 Å². The lowest BCUT2D eigenvalue weighted by Crippen LogP contribution is -2.17. The van der Waals surface area contributed by atoms with E-state index in [9.17, 15) is 4.39 Å². The fraction of sp³-hybridized carbons (Fsp3) is 0.636. The van der Waals surface area contributed by atoms with Crippen molar-refractivity contribution in [1.82, 2.24) is 0 Å². The summed E-state index contributed by atoms with van der Waals surface area (Å²) in [4.78, 5) is 0. The van der Waals surface area contributed by atoms with E-state index in [-0.39, 0.29) is 11.7 Å². The lowest BCUT2D eigenvalue weighted by atomic mass is 9.79. The topological polar surface area (TPSA) is 0 Å². The first-order valence-corrected chi connectivity index (χ1v) is 4.50. The van der Waals surface area contributed by atoms with Crippen molar-refractivity contribution < 1.29 is 4.39 Å². The molecule has 0 spiro atoms. The molecule has 0 heterocycles. The molecule has 0 aliphatic heterocycles. The van der Waals surface area contributed by atoms with Gasteiger partial charge in [-0.05, 0) is 37.8 Å². The molecule has 0 nitrogen and oxygen atoms in total. The Morgan fingerprint density at radius 2 is 1.42 bits per heavy atom. The molecule has 2 unspecified atom stereocenters. The third-order valence-electron chi connectivity index (χ3n) is 3.35. The first-order chi connectivity index (χ1) is 5.46. The van der Waals surface area contributed by atoms with Gasteiger partial charge in [0.1, 0.15) is 5.83 Å². The summed E-state index contributed by atoms with van der Waals surface area (Å²) >= 11 is 0. The molecule has 0 N–H and O–H groups in total. The van der Waals surface area contributed by atoms with Crippen molar-refractivity contribution in [2.24, 2.45) is 11.8 Å². The molecule has 1 aliphatic rings. The van der Waals surface area contributed by atoms with Crippen LogP contribution in [0, 0.1) is 11.8 Å². The van der Waals surface area contributed by atoms with Crippen LogP contribution >= 0.6 is 0 Å². The second-order valence-corrected chi connectivity index (χ2v) is 3.86. The Kier molecular flexibility index (Phi) is 2.41. The molecule has 2 atom stereocenters. The van der Waals surface area contributed by atoms with Crippen LogP contribution in [0.3, 0.4) is 0 Å². The van der Waals surface area contributed by atoms with Gasteiger partial charge < -0.3 is 0 Å². The first kappa shape index (κ1) is 9.50.